The van der Waals surface area contributed by atoms with Gasteiger partial charge in [0, 0.05) is 19.8 Å². The van der Waals surface area contributed by atoms with Gasteiger partial charge in [-0.1, -0.05) is 30.3 Å². The summed E-state index contributed by atoms with van der Waals surface area (Å²) in [6.07, 6.45) is 1.93. The van der Waals surface area contributed by atoms with Crippen LogP contribution in [0.15, 0.2) is 36.5 Å². The first kappa shape index (κ1) is 12.2. The molecule has 1 N–H and O–H groups in total. The minimum Gasteiger partial charge on any atom is -0.381 e. The number of anilines is 1. The van der Waals surface area contributed by atoms with E-state index < -0.39 is 0 Å². The summed E-state index contributed by atoms with van der Waals surface area (Å²) >= 11 is 0. The quantitative estimate of drug-likeness (QED) is 0.893. The van der Waals surface area contributed by atoms with E-state index in [1.807, 2.05) is 50.5 Å². The van der Waals surface area contributed by atoms with E-state index in [1.165, 1.54) is 0 Å². The first-order valence-corrected chi connectivity index (χ1v) is 5.89. The van der Waals surface area contributed by atoms with Crippen LogP contribution < -0.4 is 5.32 Å². The molecular weight excluding hydrogens is 224 g/mol. The van der Waals surface area contributed by atoms with Crippen molar-refractivity contribution in [2.24, 2.45) is 7.05 Å². The van der Waals surface area contributed by atoms with Crippen molar-refractivity contribution in [2.75, 3.05) is 11.9 Å². The molecule has 2 rings (SSSR count). The molecule has 1 aromatic heterocycles. The van der Waals surface area contributed by atoms with Crippen molar-refractivity contribution >= 4 is 5.69 Å². The van der Waals surface area contributed by atoms with Gasteiger partial charge in [0.1, 0.15) is 0 Å². The summed E-state index contributed by atoms with van der Waals surface area (Å²) in [5, 5.41) is 16.8. The summed E-state index contributed by atoms with van der Waals surface area (Å²) < 4.78 is 1.77. The summed E-state index contributed by atoms with van der Waals surface area (Å²) in [6.45, 7) is 2.54. The van der Waals surface area contributed by atoms with E-state index in [2.05, 4.69) is 16.5 Å². The Morgan fingerprint density at radius 1 is 1.39 bits per heavy atom. The largest absolute Gasteiger partial charge is 0.381 e. The van der Waals surface area contributed by atoms with Gasteiger partial charge in [-0.3, -0.25) is 4.68 Å². The van der Waals surface area contributed by atoms with Gasteiger partial charge in [-0.2, -0.15) is 10.4 Å². The third-order valence-electron chi connectivity index (χ3n) is 2.87. The van der Waals surface area contributed by atoms with Gasteiger partial charge in [0.05, 0.1) is 23.4 Å². The molecule has 0 bridgehead atoms. The van der Waals surface area contributed by atoms with Crippen molar-refractivity contribution in [3.05, 3.63) is 47.8 Å². The van der Waals surface area contributed by atoms with Crippen LogP contribution >= 0.6 is 0 Å². The Labute approximate surface area is 107 Å². The Hall–Kier alpha value is -2.28. The Bertz CT molecular complexity index is 551. The monoisotopic (exact) mass is 240 g/mol. The number of benzene rings is 1. The number of nitriles is 1. The van der Waals surface area contributed by atoms with E-state index in [9.17, 15) is 5.26 Å². The highest BCUT2D eigenvalue weighted by Gasteiger charge is 2.11. The van der Waals surface area contributed by atoms with Crippen LogP contribution in [0.5, 0.6) is 0 Å². The lowest BCUT2D eigenvalue weighted by atomic mass is 10.0. The van der Waals surface area contributed by atoms with Gasteiger partial charge in [-0.05, 0) is 12.5 Å². The maximum Gasteiger partial charge on any atom is 0.0885 e. The third-order valence-corrected chi connectivity index (χ3v) is 2.87. The molecule has 0 aliphatic heterocycles. The Morgan fingerprint density at radius 3 is 2.67 bits per heavy atom. The van der Waals surface area contributed by atoms with E-state index in [1.54, 1.807) is 4.68 Å². The summed E-state index contributed by atoms with van der Waals surface area (Å²) in [4.78, 5) is 0. The number of nitrogens with zero attached hydrogens (tertiary/aromatic N) is 3. The molecule has 0 spiro atoms. The molecule has 0 aliphatic carbocycles. The van der Waals surface area contributed by atoms with Crippen LogP contribution in [0.4, 0.5) is 5.69 Å². The zero-order valence-electron chi connectivity index (χ0n) is 10.6. The van der Waals surface area contributed by atoms with Gasteiger partial charge in [-0.25, -0.2) is 0 Å². The lowest BCUT2D eigenvalue weighted by Crippen LogP contribution is -2.11. The number of nitrogens with one attached hydrogen (secondary N) is 1. The highest BCUT2D eigenvalue weighted by molar-refractivity contribution is 5.46. The molecule has 0 radical (unpaired) electrons. The Morgan fingerprint density at radius 2 is 2.11 bits per heavy atom. The first-order valence-electron chi connectivity index (χ1n) is 5.89. The molecule has 1 atom stereocenters. The molecule has 0 fully saturated rings. The van der Waals surface area contributed by atoms with Crippen LogP contribution in [0, 0.1) is 18.3 Å². The first-order chi connectivity index (χ1) is 8.70. The number of hydrogen-bond donors (Lipinski definition) is 1. The van der Waals surface area contributed by atoms with Gasteiger partial charge in [-0.15, -0.1) is 0 Å². The van der Waals surface area contributed by atoms with Crippen LogP contribution in [0.3, 0.4) is 0 Å². The van der Waals surface area contributed by atoms with E-state index in [0.29, 0.717) is 6.54 Å². The lowest BCUT2D eigenvalue weighted by molar-refractivity contribution is 0.756. The fourth-order valence-corrected chi connectivity index (χ4v) is 1.91. The van der Waals surface area contributed by atoms with Crippen molar-refractivity contribution in [1.29, 1.82) is 5.26 Å². The number of hydrogen-bond acceptors (Lipinski definition) is 3. The second-order valence-corrected chi connectivity index (χ2v) is 4.28. The molecule has 0 aliphatic rings. The molecule has 0 saturated heterocycles. The molecule has 92 valence electrons. The zero-order valence-corrected chi connectivity index (χ0v) is 10.6. The van der Waals surface area contributed by atoms with Crippen molar-refractivity contribution in [1.82, 2.24) is 9.78 Å². The standard InChI is InChI=1S/C14H16N4/c1-11-14(10-18(2)17-11)16-9-13(8-15)12-6-4-3-5-7-12/h3-7,10,13,16H,9H2,1-2H3. The van der Waals surface area contributed by atoms with E-state index in [4.69, 9.17) is 0 Å². The number of aromatic nitrogens is 2. The Balaban J connectivity index is 2.05. The SMILES string of the molecule is Cc1nn(C)cc1NCC(C#N)c1ccccc1. The normalized spacial score (nSPS) is 11.8. The minimum atomic E-state index is -0.147. The van der Waals surface area contributed by atoms with Gasteiger partial charge < -0.3 is 5.32 Å². The molecule has 1 aromatic carbocycles. The molecule has 0 amide bonds. The summed E-state index contributed by atoms with van der Waals surface area (Å²) in [6, 6.07) is 12.1. The molecule has 4 nitrogen and oxygen atoms in total. The average Bonchev–Trinajstić information content (AvgIpc) is 2.70. The minimum absolute atomic E-state index is 0.147. The molecule has 1 heterocycles. The van der Waals surface area contributed by atoms with E-state index in [-0.39, 0.29) is 5.92 Å². The summed E-state index contributed by atoms with van der Waals surface area (Å²) in [5.41, 5.74) is 2.96. The Kier molecular flexibility index (Phi) is 3.63. The van der Waals surface area contributed by atoms with Crippen molar-refractivity contribution in [3.8, 4) is 6.07 Å². The predicted octanol–water partition coefficient (Wildman–Crippen LogP) is 2.45. The molecule has 1 unspecified atom stereocenters. The van der Waals surface area contributed by atoms with Crippen LogP contribution in [0.1, 0.15) is 17.2 Å². The molecule has 4 heteroatoms. The van der Waals surface area contributed by atoms with Gasteiger partial charge in [0.15, 0.2) is 0 Å². The van der Waals surface area contributed by atoms with Crippen LogP contribution in [0.25, 0.3) is 0 Å². The average molecular weight is 240 g/mol. The molecule has 18 heavy (non-hydrogen) atoms. The highest BCUT2D eigenvalue weighted by Crippen LogP contribution is 2.17. The summed E-state index contributed by atoms with van der Waals surface area (Å²) in [5.74, 6) is -0.147. The van der Waals surface area contributed by atoms with Crippen LogP contribution in [-0.2, 0) is 7.05 Å². The topological polar surface area (TPSA) is 53.6 Å². The molecule has 0 saturated carbocycles. The fourth-order valence-electron chi connectivity index (χ4n) is 1.91. The number of aryl methyl sites for hydroxylation is 2. The van der Waals surface area contributed by atoms with Crippen LogP contribution in [0.2, 0.25) is 0 Å². The van der Waals surface area contributed by atoms with E-state index in [0.717, 1.165) is 16.9 Å². The zero-order chi connectivity index (χ0) is 13.0. The summed E-state index contributed by atoms with van der Waals surface area (Å²) in [7, 11) is 1.89. The van der Waals surface area contributed by atoms with Crippen LogP contribution in [-0.4, -0.2) is 16.3 Å². The third kappa shape index (κ3) is 2.69. The van der Waals surface area contributed by atoms with Gasteiger partial charge in [0.25, 0.3) is 0 Å². The smallest absolute Gasteiger partial charge is 0.0885 e. The lowest BCUT2D eigenvalue weighted by Gasteiger charge is -2.11. The maximum absolute atomic E-state index is 9.22. The maximum atomic E-state index is 9.22. The second-order valence-electron chi connectivity index (χ2n) is 4.28. The predicted molar refractivity (Wildman–Crippen MR) is 71.2 cm³/mol. The van der Waals surface area contributed by atoms with Crippen molar-refractivity contribution < 1.29 is 0 Å². The van der Waals surface area contributed by atoms with Crippen molar-refractivity contribution in [3.63, 3.8) is 0 Å². The molecule has 2 aromatic rings. The second kappa shape index (κ2) is 5.37. The molecular formula is C14H16N4. The highest BCUT2D eigenvalue weighted by atomic mass is 15.3. The van der Waals surface area contributed by atoms with E-state index >= 15 is 0 Å². The fraction of sp³-hybridized carbons (Fsp3) is 0.286. The van der Waals surface area contributed by atoms with Crippen molar-refractivity contribution in [2.45, 2.75) is 12.8 Å². The number of rotatable bonds is 4. The van der Waals surface area contributed by atoms with Gasteiger partial charge in [0.2, 0.25) is 0 Å². The van der Waals surface area contributed by atoms with Gasteiger partial charge >= 0.3 is 0 Å².